The molecule has 8 heteroatoms. The van der Waals surface area contributed by atoms with Gasteiger partial charge in [0.2, 0.25) is 10.0 Å². The van der Waals surface area contributed by atoms with Crippen LogP contribution in [0.5, 0.6) is 5.75 Å². The zero-order chi connectivity index (χ0) is 20.1. The van der Waals surface area contributed by atoms with Crippen molar-refractivity contribution in [1.29, 1.82) is 0 Å². The summed E-state index contributed by atoms with van der Waals surface area (Å²) < 4.78 is 31.0. The molecular weight excluding hydrogens is 364 g/mol. The number of sulfonamides is 1. The second kappa shape index (κ2) is 8.93. The van der Waals surface area contributed by atoms with Crippen molar-refractivity contribution in [2.45, 2.75) is 45.3 Å². The molecule has 0 aliphatic carbocycles. The summed E-state index contributed by atoms with van der Waals surface area (Å²) in [5.41, 5.74) is 0.857. The van der Waals surface area contributed by atoms with Crippen LogP contribution in [0, 0.1) is 0 Å². The molecule has 1 aromatic carbocycles. The van der Waals surface area contributed by atoms with Crippen molar-refractivity contribution in [2.75, 3.05) is 32.9 Å². The number of nitrogens with one attached hydrogen (secondary N) is 2. The summed E-state index contributed by atoms with van der Waals surface area (Å²) in [5, 5.41) is 6.75. The normalized spacial score (nSPS) is 19.3. The Morgan fingerprint density at radius 1 is 1.37 bits per heavy atom. The maximum absolute atomic E-state index is 11.8. The number of rotatable bonds is 7. The third-order valence-electron chi connectivity index (χ3n) is 4.69. The molecule has 1 atom stereocenters. The topological polar surface area (TPSA) is 83.0 Å². The maximum Gasteiger partial charge on any atom is 0.213 e. The predicted molar refractivity (Wildman–Crippen MR) is 110 cm³/mol. The smallest absolute Gasteiger partial charge is 0.213 e. The molecule has 1 aliphatic rings. The Morgan fingerprint density at radius 2 is 2.07 bits per heavy atom. The van der Waals surface area contributed by atoms with Gasteiger partial charge in [0.15, 0.2) is 5.96 Å². The van der Waals surface area contributed by atoms with E-state index in [1.807, 2.05) is 18.2 Å². The highest BCUT2D eigenvalue weighted by molar-refractivity contribution is 7.89. The van der Waals surface area contributed by atoms with Crippen molar-refractivity contribution in [3.05, 3.63) is 29.8 Å². The van der Waals surface area contributed by atoms with Crippen molar-refractivity contribution >= 4 is 16.0 Å². The summed E-state index contributed by atoms with van der Waals surface area (Å²) in [5.74, 6) is 1.72. The van der Waals surface area contributed by atoms with E-state index in [1.54, 1.807) is 21.0 Å². The van der Waals surface area contributed by atoms with E-state index in [9.17, 15) is 8.42 Å². The van der Waals surface area contributed by atoms with Crippen LogP contribution in [-0.2, 0) is 10.0 Å². The molecule has 0 bridgehead atoms. The second-order valence-electron chi connectivity index (χ2n) is 7.38. The van der Waals surface area contributed by atoms with Gasteiger partial charge in [-0.05, 0) is 33.3 Å². The summed E-state index contributed by atoms with van der Waals surface area (Å²) in [6.45, 7) is 6.93. The number of fused-ring (bicyclic) bond motifs is 1. The van der Waals surface area contributed by atoms with Gasteiger partial charge >= 0.3 is 0 Å². The molecule has 152 valence electrons. The van der Waals surface area contributed by atoms with Gasteiger partial charge in [-0.2, -0.15) is 0 Å². The average Bonchev–Trinajstić information content (AvgIpc) is 2.62. The monoisotopic (exact) mass is 396 g/mol. The molecule has 27 heavy (non-hydrogen) atoms. The molecule has 1 unspecified atom stereocenters. The van der Waals surface area contributed by atoms with Gasteiger partial charge in [0, 0.05) is 39.2 Å². The predicted octanol–water partition coefficient (Wildman–Crippen LogP) is 2.13. The lowest BCUT2D eigenvalue weighted by Gasteiger charge is -2.38. The summed E-state index contributed by atoms with van der Waals surface area (Å²) in [6, 6.07) is 8.14. The molecule has 2 rings (SSSR count). The Labute approximate surface area is 163 Å². The van der Waals surface area contributed by atoms with Gasteiger partial charge in [-0.1, -0.05) is 18.2 Å². The van der Waals surface area contributed by atoms with Crippen molar-refractivity contribution in [3.63, 3.8) is 0 Å². The minimum Gasteiger partial charge on any atom is -0.487 e. The fourth-order valence-electron chi connectivity index (χ4n) is 3.16. The SMILES string of the molecule is CCS(=O)(=O)N(C)CCCNC(=NC)NC1CC(C)(C)Oc2ccccc21. The van der Waals surface area contributed by atoms with Crippen LogP contribution < -0.4 is 15.4 Å². The quantitative estimate of drug-likeness (QED) is 0.419. The van der Waals surface area contributed by atoms with Gasteiger partial charge in [-0.15, -0.1) is 0 Å². The third kappa shape index (κ3) is 5.84. The third-order valence-corrected chi connectivity index (χ3v) is 6.55. The zero-order valence-corrected chi connectivity index (χ0v) is 17.8. The highest BCUT2D eigenvalue weighted by Crippen LogP contribution is 2.39. The van der Waals surface area contributed by atoms with Crippen LogP contribution in [0.4, 0.5) is 0 Å². The van der Waals surface area contributed by atoms with E-state index < -0.39 is 10.0 Å². The van der Waals surface area contributed by atoms with Crippen LogP contribution >= 0.6 is 0 Å². The number of nitrogens with zero attached hydrogens (tertiary/aromatic N) is 2. The molecule has 0 fully saturated rings. The molecule has 0 amide bonds. The minimum atomic E-state index is -3.13. The van der Waals surface area contributed by atoms with E-state index in [0.29, 0.717) is 25.5 Å². The molecule has 0 saturated carbocycles. The number of para-hydroxylation sites is 1. The van der Waals surface area contributed by atoms with Gasteiger partial charge in [0.1, 0.15) is 11.4 Å². The Hall–Kier alpha value is -1.80. The number of aliphatic imine (C=N–C) groups is 1. The van der Waals surface area contributed by atoms with E-state index >= 15 is 0 Å². The van der Waals surface area contributed by atoms with E-state index in [-0.39, 0.29) is 17.4 Å². The fraction of sp³-hybridized carbons (Fsp3) is 0.632. The lowest BCUT2D eigenvalue weighted by Crippen LogP contribution is -2.45. The molecular formula is C19H32N4O3S. The highest BCUT2D eigenvalue weighted by atomic mass is 32.2. The van der Waals surface area contributed by atoms with Crippen LogP contribution in [0.25, 0.3) is 0 Å². The molecule has 0 radical (unpaired) electrons. The molecule has 0 spiro atoms. The first-order chi connectivity index (χ1) is 12.7. The van der Waals surface area contributed by atoms with Gasteiger partial charge in [0.25, 0.3) is 0 Å². The zero-order valence-electron chi connectivity index (χ0n) is 16.9. The number of guanidine groups is 1. The minimum absolute atomic E-state index is 0.0966. The molecule has 1 aromatic rings. The van der Waals surface area contributed by atoms with Crippen molar-refractivity contribution in [2.24, 2.45) is 4.99 Å². The standard InChI is InChI=1S/C19H32N4O3S/c1-6-27(24,25)23(5)13-9-12-21-18(20-4)22-16-14-19(2,3)26-17-11-8-7-10-15(16)17/h7-8,10-11,16H,6,9,12-14H2,1-5H3,(H2,20,21,22). The molecule has 0 saturated heterocycles. The van der Waals surface area contributed by atoms with E-state index in [0.717, 1.165) is 17.7 Å². The highest BCUT2D eigenvalue weighted by Gasteiger charge is 2.33. The Morgan fingerprint density at radius 3 is 2.74 bits per heavy atom. The van der Waals surface area contributed by atoms with Gasteiger partial charge in [-0.25, -0.2) is 12.7 Å². The first kappa shape index (κ1) is 21.5. The number of hydrogen-bond donors (Lipinski definition) is 2. The Bertz CT molecular complexity index is 762. The number of benzene rings is 1. The Balaban J connectivity index is 1.92. The van der Waals surface area contributed by atoms with Crippen LogP contribution in [0.1, 0.15) is 45.2 Å². The van der Waals surface area contributed by atoms with Gasteiger partial charge in [0.05, 0.1) is 11.8 Å². The largest absolute Gasteiger partial charge is 0.487 e. The van der Waals surface area contributed by atoms with Crippen molar-refractivity contribution in [1.82, 2.24) is 14.9 Å². The number of ether oxygens (including phenoxy) is 1. The summed E-state index contributed by atoms with van der Waals surface area (Å²) in [4.78, 5) is 4.31. The number of hydrogen-bond acceptors (Lipinski definition) is 4. The second-order valence-corrected chi connectivity index (χ2v) is 9.74. The first-order valence-electron chi connectivity index (χ1n) is 9.37. The van der Waals surface area contributed by atoms with Crippen LogP contribution in [0.2, 0.25) is 0 Å². The van der Waals surface area contributed by atoms with Crippen LogP contribution in [-0.4, -0.2) is 57.2 Å². The fourth-order valence-corrected chi connectivity index (χ4v) is 4.01. The van der Waals surface area contributed by atoms with Crippen molar-refractivity contribution in [3.8, 4) is 5.75 Å². The summed E-state index contributed by atoms with van der Waals surface area (Å²) in [6.07, 6.45) is 1.52. The van der Waals surface area contributed by atoms with Crippen LogP contribution in [0.15, 0.2) is 29.3 Å². The van der Waals surface area contributed by atoms with E-state index in [4.69, 9.17) is 4.74 Å². The van der Waals surface area contributed by atoms with E-state index in [2.05, 4.69) is 35.5 Å². The molecule has 2 N–H and O–H groups in total. The average molecular weight is 397 g/mol. The van der Waals surface area contributed by atoms with Crippen LogP contribution in [0.3, 0.4) is 0 Å². The maximum atomic E-state index is 11.8. The lowest BCUT2D eigenvalue weighted by molar-refractivity contribution is 0.0694. The lowest BCUT2D eigenvalue weighted by atomic mass is 9.90. The molecule has 7 nitrogen and oxygen atoms in total. The van der Waals surface area contributed by atoms with Gasteiger partial charge < -0.3 is 15.4 Å². The first-order valence-corrected chi connectivity index (χ1v) is 11.0. The molecule has 1 aliphatic heterocycles. The van der Waals surface area contributed by atoms with Gasteiger partial charge in [-0.3, -0.25) is 4.99 Å². The van der Waals surface area contributed by atoms with Crippen molar-refractivity contribution < 1.29 is 13.2 Å². The summed E-state index contributed by atoms with van der Waals surface area (Å²) >= 11 is 0. The van der Waals surface area contributed by atoms with E-state index in [1.165, 1.54) is 4.31 Å². The molecule has 1 heterocycles. The summed E-state index contributed by atoms with van der Waals surface area (Å²) in [7, 11) is 0.226. The Kier molecular flexibility index (Phi) is 7.11. The molecule has 0 aromatic heterocycles.